The first-order valence-electron chi connectivity index (χ1n) is 6.80. The molecule has 108 valence electrons. The molecule has 2 rings (SSSR count). The lowest BCUT2D eigenvalue weighted by atomic mass is 10.1. The van der Waals surface area contributed by atoms with Crippen LogP contribution in [0.1, 0.15) is 38.8 Å². The minimum Gasteiger partial charge on any atom is -0.481 e. The van der Waals surface area contributed by atoms with E-state index in [-0.39, 0.29) is 5.92 Å². The molecule has 0 amide bonds. The number of fused-ring (bicyclic) bond motifs is 1. The van der Waals surface area contributed by atoms with Crippen LogP contribution in [0.25, 0.3) is 5.52 Å². The topological polar surface area (TPSA) is 79.5 Å². The Morgan fingerprint density at radius 2 is 2.20 bits per heavy atom. The van der Waals surface area contributed by atoms with E-state index in [1.54, 1.807) is 17.6 Å². The van der Waals surface area contributed by atoms with Gasteiger partial charge in [0.25, 0.3) is 0 Å². The van der Waals surface area contributed by atoms with Crippen LogP contribution in [0.3, 0.4) is 0 Å². The number of carbonyl (C=O) groups is 1. The number of nitrogens with one attached hydrogen (secondary N) is 1. The number of carboxylic acid groups (broad SMARTS) is 1. The predicted molar refractivity (Wildman–Crippen MR) is 77.0 cm³/mol. The molecule has 2 aromatic rings. The number of aromatic nitrogens is 3. The molecule has 1 unspecified atom stereocenters. The molecule has 0 aliphatic heterocycles. The van der Waals surface area contributed by atoms with Gasteiger partial charge in [-0.15, -0.1) is 0 Å². The second-order valence-electron chi connectivity index (χ2n) is 5.28. The molecule has 0 aliphatic rings. The molecule has 2 aromatic heterocycles. The second-order valence-corrected chi connectivity index (χ2v) is 5.28. The lowest BCUT2D eigenvalue weighted by Gasteiger charge is -2.08. The Kier molecular flexibility index (Phi) is 4.22. The largest absolute Gasteiger partial charge is 0.481 e. The number of aliphatic carboxylic acids is 1. The third kappa shape index (κ3) is 3.07. The first-order chi connectivity index (χ1) is 9.49. The van der Waals surface area contributed by atoms with Crippen LogP contribution in [0.15, 0.2) is 18.5 Å². The Labute approximate surface area is 117 Å². The van der Waals surface area contributed by atoms with Crippen LogP contribution in [0.2, 0.25) is 0 Å². The van der Waals surface area contributed by atoms with Gasteiger partial charge in [-0.1, -0.05) is 20.8 Å². The van der Waals surface area contributed by atoms with Gasteiger partial charge in [-0.05, 0) is 18.4 Å². The molecule has 0 radical (unpaired) electrons. The molecule has 2 N–H and O–H groups in total. The van der Waals surface area contributed by atoms with Crippen molar-refractivity contribution in [3.05, 3.63) is 24.2 Å². The molecule has 1 atom stereocenters. The Morgan fingerprint density at radius 3 is 2.85 bits per heavy atom. The van der Waals surface area contributed by atoms with Crippen molar-refractivity contribution in [3.63, 3.8) is 0 Å². The highest BCUT2D eigenvalue weighted by Gasteiger charge is 2.12. The van der Waals surface area contributed by atoms with E-state index >= 15 is 0 Å². The molecule has 0 spiro atoms. The standard InChI is InChI=1S/C14H20N4O2/c1-9(2)11-8-12-13(16-6-7-18(12)17-11)15-5-4-10(3)14(19)20/h6-10H,4-5H2,1-3H3,(H,15,16)(H,19,20). The summed E-state index contributed by atoms with van der Waals surface area (Å²) in [5.74, 6) is -0.0398. The second kappa shape index (κ2) is 5.90. The summed E-state index contributed by atoms with van der Waals surface area (Å²) in [7, 11) is 0. The van der Waals surface area contributed by atoms with E-state index in [2.05, 4.69) is 29.2 Å². The van der Waals surface area contributed by atoms with Crippen molar-refractivity contribution >= 4 is 17.3 Å². The lowest BCUT2D eigenvalue weighted by molar-refractivity contribution is -0.141. The van der Waals surface area contributed by atoms with Gasteiger partial charge in [0.05, 0.1) is 11.6 Å². The fourth-order valence-corrected chi connectivity index (χ4v) is 1.89. The molecule has 0 fully saturated rings. The Bertz CT molecular complexity index is 606. The van der Waals surface area contributed by atoms with Crippen LogP contribution in [-0.2, 0) is 4.79 Å². The van der Waals surface area contributed by atoms with E-state index in [0.29, 0.717) is 18.9 Å². The number of nitrogens with zero attached hydrogens (tertiary/aromatic N) is 3. The van der Waals surface area contributed by atoms with Gasteiger partial charge in [-0.2, -0.15) is 5.10 Å². The van der Waals surface area contributed by atoms with Gasteiger partial charge in [0, 0.05) is 18.9 Å². The molecule has 0 aliphatic carbocycles. The molecular formula is C14H20N4O2. The minimum absolute atomic E-state index is 0.356. The monoisotopic (exact) mass is 276 g/mol. The highest BCUT2D eigenvalue weighted by atomic mass is 16.4. The smallest absolute Gasteiger partial charge is 0.306 e. The lowest BCUT2D eigenvalue weighted by Crippen LogP contribution is -2.15. The van der Waals surface area contributed by atoms with Crippen molar-refractivity contribution in [2.75, 3.05) is 11.9 Å². The third-order valence-corrected chi connectivity index (χ3v) is 3.29. The minimum atomic E-state index is -0.774. The number of carboxylic acids is 1. The molecule has 0 saturated heterocycles. The first kappa shape index (κ1) is 14.3. The summed E-state index contributed by atoms with van der Waals surface area (Å²) in [5, 5.41) is 16.5. The summed E-state index contributed by atoms with van der Waals surface area (Å²) in [5.41, 5.74) is 1.93. The highest BCUT2D eigenvalue weighted by molar-refractivity contribution is 5.70. The third-order valence-electron chi connectivity index (χ3n) is 3.29. The molecule has 0 saturated carbocycles. The van der Waals surface area contributed by atoms with Crippen molar-refractivity contribution in [2.45, 2.75) is 33.1 Å². The number of anilines is 1. The van der Waals surface area contributed by atoms with Crippen molar-refractivity contribution in [3.8, 4) is 0 Å². The van der Waals surface area contributed by atoms with Gasteiger partial charge >= 0.3 is 5.97 Å². The molecular weight excluding hydrogens is 256 g/mol. The van der Waals surface area contributed by atoms with Crippen molar-refractivity contribution < 1.29 is 9.90 Å². The van der Waals surface area contributed by atoms with E-state index in [4.69, 9.17) is 5.11 Å². The highest BCUT2D eigenvalue weighted by Crippen LogP contribution is 2.19. The zero-order chi connectivity index (χ0) is 14.7. The summed E-state index contributed by atoms with van der Waals surface area (Å²) in [6, 6.07) is 2.01. The van der Waals surface area contributed by atoms with Crippen LogP contribution >= 0.6 is 0 Å². The normalized spacial score (nSPS) is 12.8. The maximum Gasteiger partial charge on any atom is 0.306 e. The number of rotatable bonds is 6. The Balaban J connectivity index is 2.12. The molecule has 6 nitrogen and oxygen atoms in total. The van der Waals surface area contributed by atoms with Gasteiger partial charge in [0.2, 0.25) is 0 Å². The number of hydrogen-bond acceptors (Lipinski definition) is 4. The molecule has 0 aromatic carbocycles. The summed E-state index contributed by atoms with van der Waals surface area (Å²) < 4.78 is 1.80. The van der Waals surface area contributed by atoms with E-state index in [0.717, 1.165) is 17.0 Å². The average Bonchev–Trinajstić information content (AvgIpc) is 2.83. The fraction of sp³-hybridized carbons (Fsp3) is 0.500. The quantitative estimate of drug-likeness (QED) is 0.846. The van der Waals surface area contributed by atoms with Crippen molar-refractivity contribution in [1.82, 2.24) is 14.6 Å². The van der Waals surface area contributed by atoms with Gasteiger partial charge in [-0.3, -0.25) is 4.79 Å². The van der Waals surface area contributed by atoms with E-state index < -0.39 is 5.97 Å². The zero-order valence-corrected chi connectivity index (χ0v) is 12.0. The molecule has 20 heavy (non-hydrogen) atoms. The van der Waals surface area contributed by atoms with Crippen LogP contribution in [-0.4, -0.2) is 32.2 Å². The molecule has 0 bridgehead atoms. The van der Waals surface area contributed by atoms with Crippen molar-refractivity contribution in [1.29, 1.82) is 0 Å². The average molecular weight is 276 g/mol. The molecule has 6 heteroatoms. The van der Waals surface area contributed by atoms with Gasteiger partial charge in [0.15, 0.2) is 5.82 Å². The van der Waals surface area contributed by atoms with Crippen molar-refractivity contribution in [2.24, 2.45) is 5.92 Å². The van der Waals surface area contributed by atoms with Crippen LogP contribution < -0.4 is 5.32 Å². The Morgan fingerprint density at radius 1 is 1.45 bits per heavy atom. The van der Waals surface area contributed by atoms with Gasteiger partial charge in [-0.25, -0.2) is 9.50 Å². The maximum atomic E-state index is 10.8. The van der Waals surface area contributed by atoms with Crippen LogP contribution in [0.5, 0.6) is 0 Å². The first-order valence-corrected chi connectivity index (χ1v) is 6.80. The SMILES string of the molecule is CC(CCNc1nccn2nc(C(C)C)cc12)C(=O)O. The molecule has 2 heterocycles. The maximum absolute atomic E-state index is 10.8. The number of hydrogen-bond donors (Lipinski definition) is 2. The summed E-state index contributed by atoms with van der Waals surface area (Å²) in [6.45, 7) is 6.46. The van der Waals surface area contributed by atoms with Gasteiger partial charge < -0.3 is 10.4 Å². The summed E-state index contributed by atoms with van der Waals surface area (Å²) in [6.07, 6.45) is 4.06. The predicted octanol–water partition coefficient (Wildman–Crippen LogP) is 2.38. The van der Waals surface area contributed by atoms with E-state index in [1.165, 1.54) is 0 Å². The van der Waals surface area contributed by atoms with Crippen LogP contribution in [0, 0.1) is 5.92 Å². The summed E-state index contributed by atoms with van der Waals surface area (Å²) in [4.78, 5) is 15.1. The van der Waals surface area contributed by atoms with Crippen LogP contribution in [0.4, 0.5) is 5.82 Å². The van der Waals surface area contributed by atoms with E-state index in [9.17, 15) is 4.79 Å². The summed E-state index contributed by atoms with van der Waals surface area (Å²) >= 11 is 0. The fourth-order valence-electron chi connectivity index (χ4n) is 1.89. The Hall–Kier alpha value is -2.11. The zero-order valence-electron chi connectivity index (χ0n) is 12.0. The van der Waals surface area contributed by atoms with E-state index in [1.807, 2.05) is 12.3 Å². The van der Waals surface area contributed by atoms with Gasteiger partial charge in [0.1, 0.15) is 5.52 Å².